The quantitative estimate of drug-likeness (QED) is 0.864. The van der Waals surface area contributed by atoms with Crippen LogP contribution >= 0.6 is 0 Å². The molecule has 0 spiro atoms. The maximum absolute atomic E-state index is 12.3. The number of rotatable bonds is 1. The van der Waals surface area contributed by atoms with Crippen molar-refractivity contribution in [3.8, 4) is 0 Å². The summed E-state index contributed by atoms with van der Waals surface area (Å²) in [5.41, 5.74) is 9.20. The van der Waals surface area contributed by atoms with E-state index in [1.54, 1.807) is 4.90 Å². The lowest BCUT2D eigenvalue weighted by Crippen LogP contribution is -2.54. The van der Waals surface area contributed by atoms with Crippen LogP contribution in [0, 0.1) is 13.8 Å². The molecule has 1 heterocycles. The highest BCUT2D eigenvalue weighted by molar-refractivity contribution is 5.68. The second-order valence-corrected chi connectivity index (χ2v) is 7.54. The number of nitrogens with zero attached hydrogens (tertiary/aromatic N) is 1. The number of ether oxygens (including phenoxy) is 1. The highest BCUT2D eigenvalue weighted by Gasteiger charge is 2.36. The van der Waals surface area contributed by atoms with Gasteiger partial charge in [-0.2, -0.15) is 0 Å². The van der Waals surface area contributed by atoms with Gasteiger partial charge in [0, 0.05) is 13.1 Å². The second-order valence-electron chi connectivity index (χ2n) is 7.54. The molecule has 2 N–H and O–H groups in total. The molecule has 4 heteroatoms. The first-order valence-corrected chi connectivity index (χ1v) is 7.95. The number of aryl methyl sites for hydroxylation is 2. The van der Waals surface area contributed by atoms with Crippen molar-refractivity contribution in [2.75, 3.05) is 13.1 Å². The summed E-state index contributed by atoms with van der Waals surface area (Å²) in [6.45, 7) is 11.0. The molecule has 1 fully saturated rings. The molecule has 0 radical (unpaired) electrons. The van der Waals surface area contributed by atoms with Crippen molar-refractivity contribution in [1.82, 2.24) is 4.90 Å². The molecule has 1 atom stereocenters. The number of likely N-dealkylation sites (tertiary alicyclic amines) is 1. The molecule has 1 aliphatic rings. The van der Waals surface area contributed by atoms with Crippen LogP contribution in [-0.2, 0) is 10.3 Å². The Bertz CT molecular complexity index is 542. The molecule has 0 aromatic heterocycles. The standard InChI is InChI=1S/C18H28N2O2/c1-13-9-14(2)11-15(10-13)18(19)7-6-8-20(12-18)16(21)22-17(3,4)5/h9-11H,6-8,12,19H2,1-5H3. The van der Waals surface area contributed by atoms with E-state index < -0.39 is 11.1 Å². The summed E-state index contributed by atoms with van der Waals surface area (Å²) < 4.78 is 5.49. The number of hydrogen-bond donors (Lipinski definition) is 1. The zero-order chi connectivity index (χ0) is 16.5. The van der Waals surface area contributed by atoms with Crippen molar-refractivity contribution in [3.63, 3.8) is 0 Å². The van der Waals surface area contributed by atoms with E-state index in [2.05, 4.69) is 32.0 Å². The Kier molecular flexibility index (Phi) is 4.52. The molecule has 1 aromatic rings. The summed E-state index contributed by atoms with van der Waals surface area (Å²) >= 11 is 0. The fourth-order valence-electron chi connectivity index (χ4n) is 3.06. The van der Waals surface area contributed by atoms with Gasteiger partial charge in [-0.05, 0) is 53.0 Å². The maximum Gasteiger partial charge on any atom is 0.410 e. The lowest BCUT2D eigenvalue weighted by atomic mass is 9.82. The van der Waals surface area contributed by atoms with Crippen LogP contribution in [0.3, 0.4) is 0 Å². The molecular weight excluding hydrogens is 276 g/mol. The van der Waals surface area contributed by atoms with E-state index in [4.69, 9.17) is 10.5 Å². The van der Waals surface area contributed by atoms with Crippen LogP contribution in [0.25, 0.3) is 0 Å². The molecular formula is C18H28N2O2. The molecule has 1 amide bonds. The van der Waals surface area contributed by atoms with E-state index in [9.17, 15) is 4.79 Å². The Balaban J connectivity index is 2.19. The predicted octanol–water partition coefficient (Wildman–Crippen LogP) is 3.49. The number of piperidine rings is 1. The maximum atomic E-state index is 12.3. The first-order chi connectivity index (χ1) is 10.1. The van der Waals surface area contributed by atoms with Gasteiger partial charge in [0.1, 0.15) is 5.60 Å². The van der Waals surface area contributed by atoms with Gasteiger partial charge < -0.3 is 15.4 Å². The molecule has 0 bridgehead atoms. The van der Waals surface area contributed by atoms with Gasteiger partial charge in [-0.1, -0.05) is 29.3 Å². The Morgan fingerprint density at radius 2 is 1.82 bits per heavy atom. The Labute approximate surface area is 133 Å². The van der Waals surface area contributed by atoms with Gasteiger partial charge in [-0.25, -0.2) is 4.79 Å². The van der Waals surface area contributed by atoms with Crippen LogP contribution < -0.4 is 5.73 Å². The minimum atomic E-state index is -0.494. The second kappa shape index (κ2) is 5.92. The molecule has 22 heavy (non-hydrogen) atoms. The normalized spacial score (nSPS) is 22.5. The minimum absolute atomic E-state index is 0.272. The van der Waals surface area contributed by atoms with Crippen molar-refractivity contribution < 1.29 is 9.53 Å². The number of nitrogens with two attached hydrogens (primary N) is 1. The van der Waals surface area contributed by atoms with Crippen molar-refractivity contribution in [3.05, 3.63) is 34.9 Å². The molecule has 1 saturated heterocycles. The Morgan fingerprint density at radius 3 is 2.36 bits per heavy atom. The summed E-state index contributed by atoms with van der Waals surface area (Å²) in [6.07, 6.45) is 1.50. The Morgan fingerprint density at radius 1 is 1.23 bits per heavy atom. The third-order valence-electron chi connectivity index (χ3n) is 3.97. The van der Waals surface area contributed by atoms with E-state index in [-0.39, 0.29) is 6.09 Å². The molecule has 2 rings (SSSR count). The number of amides is 1. The SMILES string of the molecule is Cc1cc(C)cc(C2(N)CCCN(C(=O)OC(C)(C)C)C2)c1. The number of hydrogen-bond acceptors (Lipinski definition) is 3. The number of carbonyl (C=O) groups is 1. The van der Waals surface area contributed by atoms with Crippen LogP contribution in [-0.4, -0.2) is 29.7 Å². The number of carbonyl (C=O) groups excluding carboxylic acids is 1. The van der Waals surface area contributed by atoms with Crippen LogP contribution in [0.4, 0.5) is 4.79 Å². The zero-order valence-electron chi connectivity index (χ0n) is 14.4. The van der Waals surface area contributed by atoms with Gasteiger partial charge in [0.15, 0.2) is 0 Å². The number of benzene rings is 1. The van der Waals surface area contributed by atoms with Crippen LogP contribution in [0.5, 0.6) is 0 Å². The third kappa shape index (κ3) is 4.01. The average molecular weight is 304 g/mol. The summed E-state index contributed by atoms with van der Waals surface area (Å²) in [6, 6.07) is 6.40. The fraction of sp³-hybridized carbons (Fsp3) is 0.611. The van der Waals surface area contributed by atoms with Crippen molar-refractivity contribution in [2.24, 2.45) is 5.73 Å². The van der Waals surface area contributed by atoms with E-state index in [1.807, 2.05) is 20.8 Å². The predicted molar refractivity (Wildman–Crippen MR) is 88.8 cm³/mol. The molecule has 1 aliphatic heterocycles. The lowest BCUT2D eigenvalue weighted by Gasteiger charge is -2.41. The monoisotopic (exact) mass is 304 g/mol. The fourth-order valence-corrected chi connectivity index (χ4v) is 3.06. The van der Waals surface area contributed by atoms with Crippen molar-refractivity contribution in [2.45, 2.75) is 58.6 Å². The van der Waals surface area contributed by atoms with Gasteiger partial charge in [0.2, 0.25) is 0 Å². The van der Waals surface area contributed by atoms with Gasteiger partial charge in [0.05, 0.1) is 5.54 Å². The largest absolute Gasteiger partial charge is 0.444 e. The van der Waals surface area contributed by atoms with Crippen molar-refractivity contribution in [1.29, 1.82) is 0 Å². The zero-order valence-corrected chi connectivity index (χ0v) is 14.4. The first-order valence-electron chi connectivity index (χ1n) is 7.95. The van der Waals surface area contributed by atoms with Gasteiger partial charge >= 0.3 is 6.09 Å². The molecule has 1 aromatic carbocycles. The average Bonchev–Trinajstić information content (AvgIpc) is 2.35. The smallest absolute Gasteiger partial charge is 0.410 e. The van der Waals surface area contributed by atoms with Gasteiger partial charge in [0.25, 0.3) is 0 Å². The van der Waals surface area contributed by atoms with Gasteiger partial charge in [-0.15, -0.1) is 0 Å². The summed E-state index contributed by atoms with van der Waals surface area (Å²) in [4.78, 5) is 14.1. The first kappa shape index (κ1) is 16.8. The summed E-state index contributed by atoms with van der Waals surface area (Å²) in [5.74, 6) is 0. The molecule has 1 unspecified atom stereocenters. The highest BCUT2D eigenvalue weighted by atomic mass is 16.6. The van der Waals surface area contributed by atoms with E-state index in [1.165, 1.54) is 11.1 Å². The molecule has 0 saturated carbocycles. The van der Waals surface area contributed by atoms with E-state index >= 15 is 0 Å². The Hall–Kier alpha value is -1.55. The lowest BCUT2D eigenvalue weighted by molar-refractivity contribution is 0.0137. The van der Waals surface area contributed by atoms with Crippen LogP contribution in [0.1, 0.15) is 50.3 Å². The highest BCUT2D eigenvalue weighted by Crippen LogP contribution is 2.31. The van der Waals surface area contributed by atoms with Crippen molar-refractivity contribution >= 4 is 6.09 Å². The molecule has 0 aliphatic carbocycles. The van der Waals surface area contributed by atoms with Crippen LogP contribution in [0.2, 0.25) is 0 Å². The third-order valence-corrected chi connectivity index (χ3v) is 3.97. The molecule has 4 nitrogen and oxygen atoms in total. The van der Waals surface area contributed by atoms with Gasteiger partial charge in [-0.3, -0.25) is 0 Å². The van der Waals surface area contributed by atoms with E-state index in [0.717, 1.165) is 18.4 Å². The summed E-state index contributed by atoms with van der Waals surface area (Å²) in [5, 5.41) is 0. The van der Waals surface area contributed by atoms with E-state index in [0.29, 0.717) is 13.1 Å². The minimum Gasteiger partial charge on any atom is -0.444 e. The topological polar surface area (TPSA) is 55.6 Å². The van der Waals surface area contributed by atoms with Crippen LogP contribution in [0.15, 0.2) is 18.2 Å². The molecule has 122 valence electrons. The summed E-state index contributed by atoms with van der Waals surface area (Å²) in [7, 11) is 0.